The Labute approximate surface area is 92.5 Å². The molecule has 0 saturated heterocycles. The third kappa shape index (κ3) is 1.50. The number of anilines is 1. The van der Waals surface area contributed by atoms with E-state index in [-0.39, 0.29) is 0 Å². The first-order valence-electron chi connectivity index (χ1n) is 5.04. The quantitative estimate of drug-likeness (QED) is 0.705. The summed E-state index contributed by atoms with van der Waals surface area (Å²) < 4.78 is 0. The van der Waals surface area contributed by atoms with Crippen LogP contribution < -0.4 is 5.43 Å². The molecule has 0 fully saturated rings. The molecule has 0 aliphatic carbocycles. The highest BCUT2D eigenvalue weighted by atomic mass is 15.6. The molecule has 0 radical (unpaired) electrons. The lowest BCUT2D eigenvalue weighted by Crippen LogP contribution is -2.11. The fourth-order valence-corrected chi connectivity index (χ4v) is 1.60. The van der Waals surface area contributed by atoms with Crippen LogP contribution in [0.3, 0.4) is 0 Å². The van der Waals surface area contributed by atoms with E-state index in [9.17, 15) is 0 Å². The summed E-state index contributed by atoms with van der Waals surface area (Å²) in [7, 11) is 0. The first-order valence-corrected chi connectivity index (χ1v) is 5.04. The van der Waals surface area contributed by atoms with Gasteiger partial charge in [-0.25, -0.2) is 4.98 Å². The molecule has 0 bridgehead atoms. The molecular formula is C12H10N4. The van der Waals surface area contributed by atoms with Crippen molar-refractivity contribution < 1.29 is 0 Å². The van der Waals surface area contributed by atoms with E-state index >= 15 is 0 Å². The molecule has 0 atom stereocenters. The number of benzene rings is 1. The Morgan fingerprint density at radius 1 is 1.00 bits per heavy atom. The smallest absolute Gasteiger partial charge is 0.146 e. The van der Waals surface area contributed by atoms with Crippen molar-refractivity contribution in [2.24, 2.45) is 0 Å². The maximum Gasteiger partial charge on any atom is 0.146 e. The molecule has 1 aromatic carbocycles. The minimum Gasteiger partial charge on any atom is -0.261 e. The molecular weight excluding hydrogens is 200 g/mol. The molecule has 0 unspecified atom stereocenters. The molecule has 0 amide bonds. The minimum atomic E-state index is 0.774. The molecule has 78 valence electrons. The van der Waals surface area contributed by atoms with Crippen LogP contribution in [0.25, 0.3) is 10.9 Å². The van der Waals surface area contributed by atoms with Crippen LogP contribution in [0.2, 0.25) is 0 Å². The van der Waals surface area contributed by atoms with Crippen molar-refractivity contribution in [1.82, 2.24) is 14.9 Å². The summed E-state index contributed by atoms with van der Waals surface area (Å²) in [5.41, 5.74) is 4.16. The molecule has 0 aliphatic heterocycles. The normalized spacial score (nSPS) is 10.5. The summed E-state index contributed by atoms with van der Waals surface area (Å²) in [6, 6.07) is 13.7. The predicted molar refractivity (Wildman–Crippen MR) is 63.0 cm³/mol. The molecule has 4 heteroatoms. The zero-order chi connectivity index (χ0) is 10.8. The van der Waals surface area contributed by atoms with Gasteiger partial charge in [-0.3, -0.25) is 5.43 Å². The average Bonchev–Trinajstić information content (AvgIpc) is 2.74. The number of para-hydroxylation sites is 1. The molecule has 1 N–H and O–H groups in total. The Bertz CT molecular complexity index is 600. The highest BCUT2D eigenvalue weighted by Crippen LogP contribution is 2.12. The predicted octanol–water partition coefficient (Wildman–Crippen LogP) is 2.31. The van der Waals surface area contributed by atoms with Crippen molar-refractivity contribution in [1.29, 1.82) is 0 Å². The minimum absolute atomic E-state index is 0.774. The summed E-state index contributed by atoms with van der Waals surface area (Å²) in [6.07, 6.45) is 3.57. The summed E-state index contributed by atoms with van der Waals surface area (Å²) in [5, 5.41) is 5.36. The largest absolute Gasteiger partial charge is 0.261 e. The molecule has 0 spiro atoms. The summed E-state index contributed by atoms with van der Waals surface area (Å²) in [5.74, 6) is 0.774. The van der Waals surface area contributed by atoms with Gasteiger partial charge in [0.05, 0.1) is 11.7 Å². The summed E-state index contributed by atoms with van der Waals surface area (Å²) in [6.45, 7) is 0. The highest BCUT2D eigenvalue weighted by Gasteiger charge is 2.01. The fraction of sp³-hybridized carbons (Fsp3) is 0. The lowest BCUT2D eigenvalue weighted by molar-refractivity contribution is 0.824. The van der Waals surface area contributed by atoms with Crippen molar-refractivity contribution >= 4 is 16.7 Å². The van der Waals surface area contributed by atoms with Crippen molar-refractivity contribution in [3.05, 3.63) is 54.9 Å². The van der Waals surface area contributed by atoms with Gasteiger partial charge >= 0.3 is 0 Å². The van der Waals surface area contributed by atoms with Gasteiger partial charge in [0.1, 0.15) is 5.82 Å². The molecule has 3 rings (SSSR count). The van der Waals surface area contributed by atoms with Crippen molar-refractivity contribution in [3.8, 4) is 0 Å². The molecule has 0 saturated carbocycles. The van der Waals surface area contributed by atoms with Gasteiger partial charge in [-0.05, 0) is 18.2 Å². The van der Waals surface area contributed by atoms with E-state index in [1.807, 2.05) is 48.7 Å². The lowest BCUT2D eigenvalue weighted by atomic mass is 10.3. The van der Waals surface area contributed by atoms with Gasteiger partial charge in [0.2, 0.25) is 0 Å². The van der Waals surface area contributed by atoms with Gasteiger partial charge < -0.3 is 0 Å². The van der Waals surface area contributed by atoms with E-state index in [1.165, 1.54) is 0 Å². The number of aromatic nitrogens is 3. The number of hydrogen-bond donors (Lipinski definition) is 1. The van der Waals surface area contributed by atoms with E-state index in [0.717, 1.165) is 16.7 Å². The number of nitrogens with zero attached hydrogens (tertiary/aromatic N) is 3. The molecule has 0 aliphatic rings. The molecule has 2 heterocycles. The van der Waals surface area contributed by atoms with Crippen molar-refractivity contribution in [3.63, 3.8) is 0 Å². The van der Waals surface area contributed by atoms with E-state index in [2.05, 4.69) is 15.5 Å². The van der Waals surface area contributed by atoms with Gasteiger partial charge in [0, 0.05) is 11.6 Å². The van der Waals surface area contributed by atoms with Crippen LogP contribution in [0.5, 0.6) is 0 Å². The maximum atomic E-state index is 4.26. The highest BCUT2D eigenvalue weighted by molar-refractivity contribution is 5.78. The third-order valence-electron chi connectivity index (χ3n) is 2.36. The van der Waals surface area contributed by atoms with Crippen molar-refractivity contribution in [2.45, 2.75) is 0 Å². The van der Waals surface area contributed by atoms with Gasteiger partial charge in [-0.2, -0.15) is 9.89 Å². The van der Waals surface area contributed by atoms with Gasteiger partial charge in [0.15, 0.2) is 0 Å². The number of hydrogen-bond acceptors (Lipinski definition) is 3. The third-order valence-corrected chi connectivity index (χ3v) is 2.36. The number of pyridine rings is 1. The molecule has 4 nitrogen and oxygen atoms in total. The average molecular weight is 210 g/mol. The molecule has 2 aromatic heterocycles. The first-order chi connectivity index (χ1) is 7.93. The lowest BCUT2D eigenvalue weighted by Gasteiger charge is -2.05. The van der Waals surface area contributed by atoms with Crippen LogP contribution in [0.4, 0.5) is 5.82 Å². The molecule has 3 aromatic rings. The van der Waals surface area contributed by atoms with Gasteiger partial charge in [0.25, 0.3) is 0 Å². The second kappa shape index (κ2) is 3.66. The SMILES string of the molecule is c1ccc(Nn2ncc3ccccc32)nc1. The van der Waals surface area contributed by atoms with Crippen molar-refractivity contribution in [2.75, 3.05) is 5.43 Å². The van der Waals surface area contributed by atoms with E-state index in [4.69, 9.17) is 0 Å². The van der Waals surface area contributed by atoms with E-state index < -0.39 is 0 Å². The maximum absolute atomic E-state index is 4.26. The monoisotopic (exact) mass is 210 g/mol. The Morgan fingerprint density at radius 2 is 1.88 bits per heavy atom. The number of rotatable bonds is 2. The van der Waals surface area contributed by atoms with E-state index in [1.54, 1.807) is 11.0 Å². The second-order valence-corrected chi connectivity index (χ2v) is 3.44. The van der Waals surface area contributed by atoms with Gasteiger partial charge in [-0.1, -0.05) is 24.3 Å². The Kier molecular flexibility index (Phi) is 2.04. The van der Waals surface area contributed by atoms with Crippen LogP contribution in [0, 0.1) is 0 Å². The first kappa shape index (κ1) is 8.91. The molecule has 16 heavy (non-hydrogen) atoms. The van der Waals surface area contributed by atoms with Crippen LogP contribution in [0.1, 0.15) is 0 Å². The van der Waals surface area contributed by atoms with E-state index in [0.29, 0.717) is 0 Å². The second-order valence-electron chi connectivity index (χ2n) is 3.44. The zero-order valence-electron chi connectivity index (χ0n) is 8.54. The summed E-state index contributed by atoms with van der Waals surface area (Å²) >= 11 is 0. The topological polar surface area (TPSA) is 42.7 Å². The Hall–Kier alpha value is -2.36. The standard InChI is InChI=1S/C12H10N4/c1-2-6-11-10(5-1)9-14-16(11)15-12-7-3-4-8-13-12/h1-9H,(H,13,15). The van der Waals surface area contributed by atoms with Gasteiger partial charge in [-0.15, -0.1) is 0 Å². The van der Waals surface area contributed by atoms with Crippen LogP contribution in [0.15, 0.2) is 54.9 Å². The Morgan fingerprint density at radius 3 is 2.75 bits per heavy atom. The number of nitrogens with one attached hydrogen (secondary N) is 1. The Balaban J connectivity index is 2.01. The summed E-state index contributed by atoms with van der Waals surface area (Å²) in [4.78, 5) is 5.91. The zero-order valence-corrected chi connectivity index (χ0v) is 8.54. The number of fused-ring (bicyclic) bond motifs is 1. The fourth-order valence-electron chi connectivity index (χ4n) is 1.60. The van der Waals surface area contributed by atoms with Crippen LogP contribution >= 0.6 is 0 Å². The van der Waals surface area contributed by atoms with Crippen LogP contribution in [-0.4, -0.2) is 14.9 Å². The van der Waals surface area contributed by atoms with Crippen LogP contribution in [-0.2, 0) is 0 Å².